The number of ether oxygens (including phenoxy) is 2. The predicted molar refractivity (Wildman–Crippen MR) is 135 cm³/mol. The average Bonchev–Trinajstić information content (AvgIpc) is 3.12. The maximum atomic E-state index is 12.7. The number of aliphatic imine (C=N–C) groups is 1. The van der Waals surface area contributed by atoms with Crippen molar-refractivity contribution in [2.45, 2.75) is 13.5 Å². The van der Waals surface area contributed by atoms with Crippen molar-refractivity contribution in [2.75, 3.05) is 14.2 Å². The van der Waals surface area contributed by atoms with Crippen LogP contribution in [-0.4, -0.2) is 36.1 Å². The molecule has 0 N–H and O–H groups in total. The van der Waals surface area contributed by atoms with Crippen LogP contribution in [0.3, 0.4) is 0 Å². The molecule has 0 unspecified atom stereocenters. The van der Waals surface area contributed by atoms with Gasteiger partial charge >= 0.3 is 5.97 Å². The van der Waals surface area contributed by atoms with E-state index in [4.69, 9.17) is 9.47 Å². The van der Waals surface area contributed by atoms with Crippen molar-refractivity contribution in [3.63, 3.8) is 0 Å². The summed E-state index contributed by atoms with van der Waals surface area (Å²) < 4.78 is 10.6. The Morgan fingerprint density at radius 2 is 1.68 bits per heavy atom. The lowest BCUT2D eigenvalue weighted by Gasteiger charge is -2.07. The number of thioether (sulfide) groups is 1. The van der Waals surface area contributed by atoms with Crippen LogP contribution in [0.15, 0.2) is 82.7 Å². The number of esters is 1. The summed E-state index contributed by atoms with van der Waals surface area (Å²) >= 11 is 1.31. The highest BCUT2D eigenvalue weighted by Crippen LogP contribution is 2.33. The Kier molecular flexibility index (Phi) is 7.13. The molecule has 1 amide bonds. The minimum Gasteiger partial charge on any atom is -0.489 e. The molecule has 0 aliphatic carbocycles. The molecule has 6 nitrogen and oxygen atoms in total. The van der Waals surface area contributed by atoms with Gasteiger partial charge in [-0.15, -0.1) is 0 Å². The molecule has 1 saturated heterocycles. The van der Waals surface area contributed by atoms with Gasteiger partial charge in [0.15, 0.2) is 5.17 Å². The second-order valence-electron chi connectivity index (χ2n) is 7.75. The number of carbonyl (C=O) groups excluding carboxylic acids is 2. The van der Waals surface area contributed by atoms with E-state index in [9.17, 15) is 9.59 Å². The fourth-order valence-corrected chi connectivity index (χ4v) is 4.20. The number of nitrogens with zero attached hydrogens (tertiary/aromatic N) is 2. The van der Waals surface area contributed by atoms with Crippen molar-refractivity contribution in [2.24, 2.45) is 4.99 Å². The highest BCUT2D eigenvalue weighted by molar-refractivity contribution is 8.18. The largest absolute Gasteiger partial charge is 0.489 e. The molecule has 0 atom stereocenters. The molecule has 34 heavy (non-hydrogen) atoms. The normalized spacial score (nSPS) is 15.7. The number of hydrogen-bond donors (Lipinski definition) is 0. The third kappa shape index (κ3) is 5.55. The second kappa shape index (κ2) is 10.4. The fourth-order valence-electron chi connectivity index (χ4n) is 3.21. The smallest absolute Gasteiger partial charge is 0.337 e. The third-order valence-corrected chi connectivity index (χ3v) is 6.28. The third-order valence-electron chi connectivity index (χ3n) is 5.22. The molecule has 0 saturated carbocycles. The van der Waals surface area contributed by atoms with E-state index in [0.29, 0.717) is 27.9 Å². The Balaban J connectivity index is 1.42. The molecule has 0 radical (unpaired) electrons. The average molecular weight is 473 g/mol. The number of likely N-dealkylation sites (N-methyl/N-ethyl adjacent to an activating group) is 1. The van der Waals surface area contributed by atoms with Gasteiger partial charge in [-0.25, -0.2) is 9.79 Å². The zero-order valence-electron chi connectivity index (χ0n) is 19.1. The SMILES string of the molecule is COC(=O)c1ccc(N=C2SC(=Cc3ccc(OCc4ccc(C)cc4)cc3)C(=O)N2C)cc1. The van der Waals surface area contributed by atoms with E-state index in [0.717, 1.165) is 16.9 Å². The van der Waals surface area contributed by atoms with E-state index in [1.807, 2.05) is 30.3 Å². The van der Waals surface area contributed by atoms with E-state index in [2.05, 4.69) is 36.2 Å². The van der Waals surface area contributed by atoms with Crippen LogP contribution in [0.25, 0.3) is 6.08 Å². The summed E-state index contributed by atoms with van der Waals surface area (Å²) in [6, 6.07) is 22.6. The zero-order chi connectivity index (χ0) is 24.1. The first-order valence-electron chi connectivity index (χ1n) is 10.7. The summed E-state index contributed by atoms with van der Waals surface area (Å²) in [6.07, 6.45) is 1.84. The lowest BCUT2D eigenvalue weighted by Crippen LogP contribution is -2.23. The molecule has 1 aliphatic rings. The van der Waals surface area contributed by atoms with Crippen molar-refractivity contribution < 1.29 is 19.1 Å². The van der Waals surface area contributed by atoms with E-state index >= 15 is 0 Å². The van der Waals surface area contributed by atoms with Crippen LogP contribution in [0.2, 0.25) is 0 Å². The number of amidine groups is 1. The number of rotatable bonds is 6. The van der Waals surface area contributed by atoms with Crippen LogP contribution in [-0.2, 0) is 16.1 Å². The van der Waals surface area contributed by atoms with Crippen LogP contribution in [0.1, 0.15) is 27.0 Å². The summed E-state index contributed by atoms with van der Waals surface area (Å²) in [5, 5.41) is 0.570. The first-order valence-corrected chi connectivity index (χ1v) is 11.5. The monoisotopic (exact) mass is 472 g/mol. The van der Waals surface area contributed by atoms with E-state index < -0.39 is 5.97 Å². The zero-order valence-corrected chi connectivity index (χ0v) is 20.0. The van der Waals surface area contributed by atoms with Gasteiger partial charge in [0.1, 0.15) is 12.4 Å². The van der Waals surface area contributed by atoms with Crippen LogP contribution in [0, 0.1) is 6.92 Å². The van der Waals surface area contributed by atoms with Gasteiger partial charge in [0, 0.05) is 7.05 Å². The molecule has 3 aromatic carbocycles. The molecule has 1 aliphatic heterocycles. The molecule has 0 bridgehead atoms. The van der Waals surface area contributed by atoms with Crippen molar-refractivity contribution >= 4 is 40.6 Å². The summed E-state index contributed by atoms with van der Waals surface area (Å²) in [6.45, 7) is 2.56. The van der Waals surface area contributed by atoms with Crippen LogP contribution >= 0.6 is 11.8 Å². The minimum atomic E-state index is -0.404. The number of amides is 1. The summed E-state index contributed by atoms with van der Waals surface area (Å²) in [4.78, 5) is 31.0. The number of aryl methyl sites for hydroxylation is 1. The topological polar surface area (TPSA) is 68.2 Å². The molecule has 3 aromatic rings. The summed E-state index contributed by atoms with van der Waals surface area (Å²) in [5.41, 5.74) is 4.32. The maximum Gasteiger partial charge on any atom is 0.337 e. The number of hydrogen-bond acceptors (Lipinski definition) is 6. The Labute approximate surface area is 202 Å². The van der Waals surface area contributed by atoms with Gasteiger partial charge in [-0.3, -0.25) is 9.69 Å². The summed E-state index contributed by atoms with van der Waals surface area (Å²) in [5.74, 6) is 0.246. The van der Waals surface area contributed by atoms with Gasteiger partial charge in [0.2, 0.25) is 0 Å². The van der Waals surface area contributed by atoms with Gasteiger partial charge in [-0.05, 0) is 72.3 Å². The molecule has 0 spiro atoms. The molecule has 1 heterocycles. The molecule has 172 valence electrons. The van der Waals surface area contributed by atoms with Gasteiger partial charge in [0.25, 0.3) is 5.91 Å². The van der Waals surface area contributed by atoms with Crippen molar-refractivity contribution in [3.05, 3.63) is 100.0 Å². The Morgan fingerprint density at radius 1 is 1.00 bits per heavy atom. The second-order valence-corrected chi connectivity index (χ2v) is 8.76. The molecule has 7 heteroatoms. The summed E-state index contributed by atoms with van der Waals surface area (Å²) in [7, 11) is 3.03. The van der Waals surface area contributed by atoms with Crippen LogP contribution in [0.5, 0.6) is 5.75 Å². The predicted octanol–water partition coefficient (Wildman–Crippen LogP) is 5.59. The van der Waals surface area contributed by atoms with Crippen molar-refractivity contribution in [3.8, 4) is 5.75 Å². The molecular formula is C27H24N2O4S. The maximum absolute atomic E-state index is 12.7. The number of methoxy groups -OCH3 is 1. The fraction of sp³-hybridized carbons (Fsp3) is 0.148. The van der Waals surface area contributed by atoms with Gasteiger partial charge in [-0.1, -0.05) is 42.0 Å². The minimum absolute atomic E-state index is 0.116. The van der Waals surface area contributed by atoms with E-state index in [-0.39, 0.29) is 5.91 Å². The Bertz CT molecular complexity index is 1250. The van der Waals surface area contributed by atoms with Crippen LogP contribution in [0.4, 0.5) is 5.69 Å². The van der Waals surface area contributed by atoms with Crippen molar-refractivity contribution in [1.29, 1.82) is 0 Å². The molecule has 0 aromatic heterocycles. The molecule has 1 fully saturated rings. The molecule has 4 rings (SSSR count). The van der Waals surface area contributed by atoms with E-state index in [1.165, 1.54) is 29.3 Å². The highest BCUT2D eigenvalue weighted by atomic mass is 32.2. The van der Waals surface area contributed by atoms with E-state index in [1.54, 1.807) is 31.3 Å². The number of carbonyl (C=O) groups is 2. The first-order chi connectivity index (χ1) is 16.4. The van der Waals surface area contributed by atoms with Crippen LogP contribution < -0.4 is 4.74 Å². The first kappa shape index (κ1) is 23.3. The Morgan fingerprint density at radius 3 is 2.32 bits per heavy atom. The quantitative estimate of drug-likeness (QED) is 0.345. The van der Waals surface area contributed by atoms with Gasteiger partial charge in [-0.2, -0.15) is 0 Å². The molecular weight excluding hydrogens is 448 g/mol. The van der Waals surface area contributed by atoms with Gasteiger partial charge in [0.05, 0.1) is 23.3 Å². The highest BCUT2D eigenvalue weighted by Gasteiger charge is 2.30. The lowest BCUT2D eigenvalue weighted by atomic mass is 10.1. The number of benzene rings is 3. The van der Waals surface area contributed by atoms with Crippen molar-refractivity contribution in [1.82, 2.24) is 4.90 Å². The lowest BCUT2D eigenvalue weighted by molar-refractivity contribution is -0.121. The Hall–Kier alpha value is -3.84. The van der Waals surface area contributed by atoms with Gasteiger partial charge < -0.3 is 9.47 Å². The standard InChI is InChI=1S/C27H24N2O4S/c1-18-4-6-20(7-5-18)17-33-23-14-8-19(9-15-23)16-24-25(30)29(2)27(34-24)28-22-12-10-21(11-13-22)26(31)32-3/h4-16H,17H2,1-3H3.